The van der Waals surface area contributed by atoms with Gasteiger partial charge in [0.05, 0.1) is 6.61 Å². The topological polar surface area (TPSA) is 38.3 Å². The average molecular weight is 187 g/mol. The molecule has 0 aliphatic heterocycles. The van der Waals surface area contributed by atoms with E-state index in [1.165, 1.54) is 0 Å². The van der Waals surface area contributed by atoms with Crippen LogP contribution in [0.25, 0.3) is 0 Å². The summed E-state index contributed by atoms with van der Waals surface area (Å²) in [5, 5.41) is 2.78. The fourth-order valence-electron chi connectivity index (χ4n) is 0.990. The van der Waals surface area contributed by atoms with Crippen LogP contribution in [0.5, 0.6) is 0 Å². The molecule has 0 bridgehead atoms. The lowest BCUT2D eigenvalue weighted by Gasteiger charge is -2.13. The van der Waals surface area contributed by atoms with Gasteiger partial charge in [-0.1, -0.05) is 27.2 Å². The highest BCUT2D eigenvalue weighted by atomic mass is 16.5. The van der Waals surface area contributed by atoms with Gasteiger partial charge in [0, 0.05) is 6.04 Å². The molecule has 0 saturated carbocycles. The Morgan fingerprint density at radius 3 is 2.46 bits per heavy atom. The van der Waals surface area contributed by atoms with E-state index in [4.69, 9.17) is 4.74 Å². The van der Waals surface area contributed by atoms with Crippen LogP contribution >= 0.6 is 0 Å². The molecule has 1 atom stereocenters. The van der Waals surface area contributed by atoms with Gasteiger partial charge in [-0.05, 0) is 19.3 Å². The molecule has 0 aromatic rings. The molecule has 0 spiro atoms. The maximum atomic E-state index is 11.1. The minimum Gasteiger partial charge on any atom is -0.449 e. The van der Waals surface area contributed by atoms with Crippen molar-refractivity contribution in [2.24, 2.45) is 5.92 Å². The molecule has 0 aliphatic carbocycles. The zero-order valence-electron chi connectivity index (χ0n) is 9.09. The number of amides is 1. The summed E-state index contributed by atoms with van der Waals surface area (Å²) in [7, 11) is 0. The van der Waals surface area contributed by atoms with Gasteiger partial charge in [-0.3, -0.25) is 0 Å². The Morgan fingerprint density at radius 2 is 2.00 bits per heavy atom. The minimum absolute atomic E-state index is 0.213. The van der Waals surface area contributed by atoms with E-state index in [-0.39, 0.29) is 12.1 Å². The highest BCUT2D eigenvalue weighted by Crippen LogP contribution is 1.97. The van der Waals surface area contributed by atoms with E-state index in [1.54, 1.807) is 0 Å². The molecule has 1 unspecified atom stereocenters. The molecular weight excluding hydrogens is 166 g/mol. The van der Waals surface area contributed by atoms with Crippen molar-refractivity contribution >= 4 is 6.09 Å². The summed E-state index contributed by atoms with van der Waals surface area (Å²) in [5.74, 6) is 0.396. The van der Waals surface area contributed by atoms with Gasteiger partial charge in [0.15, 0.2) is 0 Å². The van der Waals surface area contributed by atoms with Gasteiger partial charge in [-0.2, -0.15) is 0 Å². The number of hydrogen-bond donors (Lipinski definition) is 1. The summed E-state index contributed by atoms with van der Waals surface area (Å²) < 4.78 is 4.97. The van der Waals surface area contributed by atoms with Crippen molar-refractivity contribution in [3.8, 4) is 0 Å². The third kappa shape index (κ3) is 7.62. The molecule has 0 rings (SSSR count). The third-order valence-electron chi connectivity index (χ3n) is 1.63. The second-order valence-electron chi connectivity index (χ2n) is 3.83. The summed E-state index contributed by atoms with van der Waals surface area (Å²) in [5.41, 5.74) is 0. The summed E-state index contributed by atoms with van der Waals surface area (Å²) in [4.78, 5) is 11.1. The first-order valence-corrected chi connectivity index (χ1v) is 4.99. The number of carbonyl (C=O) groups is 1. The molecule has 78 valence electrons. The normalized spacial score (nSPS) is 12.7. The molecule has 0 fully saturated rings. The van der Waals surface area contributed by atoms with Gasteiger partial charge < -0.3 is 10.1 Å². The first-order chi connectivity index (χ1) is 6.06. The molecule has 0 aromatic carbocycles. The fraction of sp³-hybridized carbons (Fsp3) is 0.900. The van der Waals surface area contributed by atoms with E-state index in [2.05, 4.69) is 12.2 Å². The van der Waals surface area contributed by atoms with Gasteiger partial charge in [-0.15, -0.1) is 0 Å². The van der Waals surface area contributed by atoms with Gasteiger partial charge in [0.25, 0.3) is 0 Å². The van der Waals surface area contributed by atoms with Gasteiger partial charge in [0.1, 0.15) is 0 Å². The van der Waals surface area contributed by atoms with Crippen molar-refractivity contribution in [3.05, 3.63) is 0 Å². The number of rotatable bonds is 5. The summed E-state index contributed by atoms with van der Waals surface area (Å²) in [6.07, 6.45) is 1.78. The Balaban J connectivity index is 3.50. The second-order valence-corrected chi connectivity index (χ2v) is 3.83. The van der Waals surface area contributed by atoms with E-state index < -0.39 is 0 Å². The van der Waals surface area contributed by atoms with Crippen LogP contribution in [0.1, 0.15) is 40.5 Å². The Morgan fingerprint density at radius 1 is 1.38 bits per heavy atom. The first-order valence-electron chi connectivity index (χ1n) is 4.99. The smallest absolute Gasteiger partial charge is 0.407 e. The van der Waals surface area contributed by atoms with Crippen LogP contribution in [0.3, 0.4) is 0 Å². The average Bonchev–Trinajstić information content (AvgIpc) is 2.01. The van der Waals surface area contributed by atoms with E-state index in [0.717, 1.165) is 12.8 Å². The maximum Gasteiger partial charge on any atom is 0.407 e. The number of nitrogens with one attached hydrogen (secondary N) is 1. The lowest BCUT2D eigenvalue weighted by molar-refractivity contribution is 0.129. The standard InChI is InChI=1S/C10H21NO2/c1-5-6-9(4)11-10(12)13-7-8(2)3/h8-9H,5-7H2,1-4H3,(H,11,12). The lowest BCUT2D eigenvalue weighted by Crippen LogP contribution is -2.33. The fourth-order valence-corrected chi connectivity index (χ4v) is 0.990. The SMILES string of the molecule is CCCC(C)NC(=O)OCC(C)C. The number of hydrogen-bond acceptors (Lipinski definition) is 2. The minimum atomic E-state index is -0.297. The molecule has 0 saturated heterocycles. The molecule has 1 N–H and O–H groups in total. The number of alkyl carbamates (subject to hydrolysis) is 1. The predicted octanol–water partition coefficient (Wildman–Crippen LogP) is 2.56. The number of ether oxygens (including phenoxy) is 1. The largest absolute Gasteiger partial charge is 0.449 e. The van der Waals surface area contributed by atoms with Crippen molar-refractivity contribution in [2.45, 2.75) is 46.6 Å². The van der Waals surface area contributed by atoms with E-state index in [1.807, 2.05) is 20.8 Å². The molecule has 0 aromatic heterocycles. The monoisotopic (exact) mass is 187 g/mol. The van der Waals surface area contributed by atoms with Crippen LogP contribution in [0.4, 0.5) is 4.79 Å². The Kier molecular flexibility index (Phi) is 6.37. The molecule has 0 aliphatic rings. The first kappa shape index (κ1) is 12.3. The highest BCUT2D eigenvalue weighted by molar-refractivity contribution is 5.67. The maximum absolute atomic E-state index is 11.1. The van der Waals surface area contributed by atoms with Crippen molar-refractivity contribution < 1.29 is 9.53 Å². The van der Waals surface area contributed by atoms with Crippen LogP contribution in [0.15, 0.2) is 0 Å². The Hall–Kier alpha value is -0.730. The van der Waals surface area contributed by atoms with Crippen molar-refractivity contribution in [2.75, 3.05) is 6.61 Å². The quantitative estimate of drug-likeness (QED) is 0.718. The zero-order valence-corrected chi connectivity index (χ0v) is 9.09. The van der Waals surface area contributed by atoms with Crippen LogP contribution in [0, 0.1) is 5.92 Å². The predicted molar refractivity (Wildman–Crippen MR) is 53.7 cm³/mol. The van der Waals surface area contributed by atoms with Gasteiger partial charge in [-0.25, -0.2) is 4.79 Å². The zero-order chi connectivity index (χ0) is 10.3. The van der Waals surface area contributed by atoms with Crippen molar-refractivity contribution in [1.29, 1.82) is 0 Å². The molecule has 1 amide bonds. The van der Waals surface area contributed by atoms with Gasteiger partial charge >= 0.3 is 6.09 Å². The molecular formula is C10H21NO2. The van der Waals surface area contributed by atoms with E-state index >= 15 is 0 Å². The van der Waals surface area contributed by atoms with Crippen LogP contribution < -0.4 is 5.32 Å². The van der Waals surface area contributed by atoms with E-state index in [0.29, 0.717) is 12.5 Å². The van der Waals surface area contributed by atoms with Crippen LogP contribution in [-0.2, 0) is 4.74 Å². The van der Waals surface area contributed by atoms with E-state index in [9.17, 15) is 4.79 Å². The molecule has 13 heavy (non-hydrogen) atoms. The highest BCUT2D eigenvalue weighted by Gasteiger charge is 2.07. The third-order valence-corrected chi connectivity index (χ3v) is 1.63. The van der Waals surface area contributed by atoms with Crippen LogP contribution in [-0.4, -0.2) is 18.7 Å². The second kappa shape index (κ2) is 6.75. The Bertz CT molecular complexity index is 146. The summed E-state index contributed by atoms with van der Waals surface area (Å²) >= 11 is 0. The molecule has 3 nitrogen and oxygen atoms in total. The lowest BCUT2D eigenvalue weighted by atomic mass is 10.2. The van der Waals surface area contributed by atoms with Crippen molar-refractivity contribution in [1.82, 2.24) is 5.32 Å². The van der Waals surface area contributed by atoms with Gasteiger partial charge in [0.2, 0.25) is 0 Å². The summed E-state index contributed by atoms with van der Waals surface area (Å²) in [6, 6.07) is 0.213. The Labute approximate surface area is 80.8 Å². The van der Waals surface area contributed by atoms with Crippen molar-refractivity contribution in [3.63, 3.8) is 0 Å². The summed E-state index contributed by atoms with van der Waals surface area (Å²) in [6.45, 7) is 8.61. The van der Waals surface area contributed by atoms with Crippen LogP contribution in [0.2, 0.25) is 0 Å². The molecule has 0 radical (unpaired) electrons. The number of carbonyl (C=O) groups excluding carboxylic acids is 1. The molecule has 3 heteroatoms. The molecule has 0 heterocycles.